The third-order valence-electron chi connectivity index (χ3n) is 8.16. The lowest BCUT2D eigenvalue weighted by Crippen LogP contribution is -2.51. The Balaban J connectivity index is 1.85. The minimum absolute atomic E-state index is 0.00859. The van der Waals surface area contributed by atoms with Crippen molar-refractivity contribution in [2.45, 2.75) is 71.8 Å². The van der Waals surface area contributed by atoms with Crippen molar-refractivity contribution in [1.29, 1.82) is 0 Å². The second-order valence-corrected chi connectivity index (χ2v) is 9.28. The highest BCUT2D eigenvalue weighted by Crippen LogP contribution is 2.62. The normalized spacial score (nSPS) is 45.7. The second-order valence-electron chi connectivity index (χ2n) is 9.28. The minimum atomic E-state index is -0.285. The third kappa shape index (κ3) is 2.95. The Labute approximate surface area is 156 Å². The first-order valence-corrected chi connectivity index (χ1v) is 10.0. The Kier molecular flexibility index (Phi) is 5.15. The molecular formula is C22H32O4. The van der Waals surface area contributed by atoms with E-state index in [1.54, 1.807) is 0 Å². The monoisotopic (exact) mass is 360 g/mol. The van der Waals surface area contributed by atoms with Crippen LogP contribution in [-0.2, 0) is 19.1 Å². The maximum Gasteiger partial charge on any atom is 0.302 e. The molecule has 2 unspecified atom stereocenters. The molecule has 26 heavy (non-hydrogen) atoms. The van der Waals surface area contributed by atoms with E-state index in [2.05, 4.69) is 20.4 Å². The highest BCUT2D eigenvalue weighted by Gasteiger charge is 2.57. The molecule has 0 spiro atoms. The number of aldehydes is 2. The summed E-state index contributed by atoms with van der Waals surface area (Å²) in [7, 11) is 0. The van der Waals surface area contributed by atoms with Crippen LogP contribution in [0, 0.1) is 34.5 Å². The lowest BCUT2D eigenvalue weighted by Gasteiger charge is -2.54. The first-order chi connectivity index (χ1) is 12.3. The predicted molar refractivity (Wildman–Crippen MR) is 99.3 cm³/mol. The van der Waals surface area contributed by atoms with Gasteiger partial charge in [-0.25, -0.2) is 0 Å². The van der Waals surface area contributed by atoms with Gasteiger partial charge in [-0.2, -0.15) is 0 Å². The SMILES string of the molecule is C=C1CCC2[C@H](C=O)C([C@@]3(C)CC[C@H](OC(C)=O)C[C@@H]3C=O)CC[C@]12C. The van der Waals surface area contributed by atoms with Crippen LogP contribution in [0.3, 0.4) is 0 Å². The van der Waals surface area contributed by atoms with Crippen LogP contribution in [0.25, 0.3) is 0 Å². The van der Waals surface area contributed by atoms with Crippen LogP contribution < -0.4 is 0 Å². The molecule has 0 aliphatic heterocycles. The van der Waals surface area contributed by atoms with Crippen molar-refractivity contribution in [3.8, 4) is 0 Å². The van der Waals surface area contributed by atoms with Crippen molar-refractivity contribution in [2.24, 2.45) is 34.5 Å². The summed E-state index contributed by atoms with van der Waals surface area (Å²) in [5.41, 5.74) is 1.17. The molecule has 0 bridgehead atoms. The van der Waals surface area contributed by atoms with Gasteiger partial charge >= 0.3 is 5.97 Å². The van der Waals surface area contributed by atoms with Gasteiger partial charge in [-0.15, -0.1) is 0 Å². The number of carbonyl (C=O) groups is 3. The van der Waals surface area contributed by atoms with Gasteiger partial charge in [0.15, 0.2) is 0 Å². The molecule has 0 aromatic heterocycles. The van der Waals surface area contributed by atoms with E-state index in [1.807, 2.05) is 0 Å². The summed E-state index contributed by atoms with van der Waals surface area (Å²) in [6.07, 6.45) is 8.28. The van der Waals surface area contributed by atoms with Crippen LogP contribution in [0.1, 0.15) is 65.7 Å². The van der Waals surface area contributed by atoms with E-state index >= 15 is 0 Å². The maximum atomic E-state index is 12.2. The van der Waals surface area contributed by atoms with E-state index in [-0.39, 0.29) is 40.7 Å². The maximum absolute atomic E-state index is 12.2. The van der Waals surface area contributed by atoms with Gasteiger partial charge in [0.05, 0.1) is 0 Å². The van der Waals surface area contributed by atoms with E-state index in [0.717, 1.165) is 51.1 Å². The van der Waals surface area contributed by atoms with Crippen molar-refractivity contribution in [3.63, 3.8) is 0 Å². The lowest BCUT2D eigenvalue weighted by atomic mass is 9.49. The van der Waals surface area contributed by atoms with Gasteiger partial charge < -0.3 is 14.3 Å². The zero-order valence-corrected chi connectivity index (χ0v) is 16.3. The van der Waals surface area contributed by atoms with Crippen molar-refractivity contribution < 1.29 is 19.1 Å². The van der Waals surface area contributed by atoms with Crippen molar-refractivity contribution >= 4 is 18.5 Å². The van der Waals surface area contributed by atoms with Crippen molar-refractivity contribution in [2.75, 3.05) is 0 Å². The third-order valence-corrected chi connectivity index (χ3v) is 8.16. The summed E-state index contributed by atoms with van der Waals surface area (Å²) in [5.74, 6) is 0.110. The second kappa shape index (κ2) is 6.94. The van der Waals surface area contributed by atoms with Crippen molar-refractivity contribution in [1.82, 2.24) is 0 Å². The summed E-state index contributed by atoms with van der Waals surface area (Å²) < 4.78 is 5.38. The molecule has 0 aromatic carbocycles. The van der Waals surface area contributed by atoms with Crippen LogP contribution in [0.2, 0.25) is 0 Å². The summed E-state index contributed by atoms with van der Waals surface area (Å²) in [4.78, 5) is 35.4. The Bertz CT molecular complexity index is 611. The Hall–Kier alpha value is -1.45. The summed E-state index contributed by atoms with van der Waals surface area (Å²) in [6.45, 7) is 10.2. The smallest absolute Gasteiger partial charge is 0.302 e. The van der Waals surface area contributed by atoms with E-state index in [1.165, 1.54) is 12.5 Å². The van der Waals surface area contributed by atoms with Gasteiger partial charge in [0.25, 0.3) is 0 Å². The van der Waals surface area contributed by atoms with Crippen LogP contribution in [-0.4, -0.2) is 24.6 Å². The molecule has 3 rings (SSSR count). The van der Waals surface area contributed by atoms with E-state index < -0.39 is 0 Å². The van der Waals surface area contributed by atoms with E-state index in [0.29, 0.717) is 12.3 Å². The Morgan fingerprint density at radius 1 is 1.12 bits per heavy atom. The molecule has 4 nitrogen and oxygen atoms in total. The van der Waals surface area contributed by atoms with E-state index in [9.17, 15) is 14.4 Å². The molecule has 3 saturated carbocycles. The molecule has 144 valence electrons. The number of ether oxygens (including phenoxy) is 1. The lowest BCUT2D eigenvalue weighted by molar-refractivity contribution is -0.156. The number of esters is 1. The average Bonchev–Trinajstić information content (AvgIpc) is 2.90. The Morgan fingerprint density at radius 3 is 2.46 bits per heavy atom. The topological polar surface area (TPSA) is 60.4 Å². The molecule has 0 heterocycles. The van der Waals surface area contributed by atoms with E-state index in [4.69, 9.17) is 4.74 Å². The first kappa shape index (κ1) is 19.3. The highest BCUT2D eigenvalue weighted by atomic mass is 16.5. The van der Waals surface area contributed by atoms with Gasteiger partial charge in [0, 0.05) is 18.8 Å². The number of rotatable bonds is 4. The van der Waals surface area contributed by atoms with Crippen LogP contribution >= 0.6 is 0 Å². The fourth-order valence-corrected chi connectivity index (χ4v) is 6.40. The molecule has 4 heteroatoms. The average molecular weight is 360 g/mol. The quantitative estimate of drug-likeness (QED) is 0.430. The Morgan fingerprint density at radius 2 is 1.85 bits per heavy atom. The molecule has 0 N–H and O–H groups in total. The number of carbonyl (C=O) groups excluding carboxylic acids is 3. The van der Waals surface area contributed by atoms with Crippen LogP contribution in [0.15, 0.2) is 12.2 Å². The molecule has 0 amide bonds. The zero-order chi connectivity index (χ0) is 19.1. The number of hydrogen-bond acceptors (Lipinski definition) is 4. The summed E-state index contributed by atoms with van der Waals surface area (Å²) >= 11 is 0. The molecule has 3 aliphatic rings. The van der Waals surface area contributed by atoms with Gasteiger partial charge in [-0.3, -0.25) is 4.79 Å². The molecule has 0 saturated heterocycles. The molecule has 7 atom stereocenters. The molecule has 0 aromatic rings. The van der Waals surface area contributed by atoms with Gasteiger partial charge in [-0.1, -0.05) is 26.0 Å². The summed E-state index contributed by atoms with van der Waals surface area (Å²) in [6, 6.07) is 0. The van der Waals surface area contributed by atoms with Gasteiger partial charge in [-0.05, 0) is 67.6 Å². The van der Waals surface area contributed by atoms with Crippen LogP contribution in [0.4, 0.5) is 0 Å². The van der Waals surface area contributed by atoms with Gasteiger partial charge in [0.2, 0.25) is 0 Å². The van der Waals surface area contributed by atoms with Crippen molar-refractivity contribution in [3.05, 3.63) is 12.2 Å². The summed E-state index contributed by atoms with van der Waals surface area (Å²) in [5, 5.41) is 0. The molecular weight excluding hydrogens is 328 g/mol. The fraction of sp³-hybridized carbons (Fsp3) is 0.773. The fourth-order valence-electron chi connectivity index (χ4n) is 6.40. The molecule has 3 fully saturated rings. The molecule has 3 aliphatic carbocycles. The number of fused-ring (bicyclic) bond motifs is 1. The standard InChI is InChI=1S/C22H32O4/c1-14-5-6-19-18(13-24)20(8-10-21(14,19)3)22(4)9-7-17(26-15(2)25)11-16(22)12-23/h12-13,16-20H,1,5-11H2,2-4H3/t16-,17+,18+,19?,20?,21-,22+/m1/s1. The number of allylic oxidation sites excluding steroid dienone is 1. The first-order valence-electron chi connectivity index (χ1n) is 10.0. The van der Waals surface area contributed by atoms with Gasteiger partial charge in [0.1, 0.15) is 18.7 Å². The minimum Gasteiger partial charge on any atom is -0.463 e. The number of hydrogen-bond donors (Lipinski definition) is 0. The largest absolute Gasteiger partial charge is 0.463 e. The highest BCUT2D eigenvalue weighted by molar-refractivity contribution is 5.66. The zero-order valence-electron chi connectivity index (χ0n) is 16.3. The molecule has 0 radical (unpaired) electrons. The van der Waals surface area contributed by atoms with Crippen LogP contribution in [0.5, 0.6) is 0 Å². The predicted octanol–water partition coefficient (Wildman–Crippen LogP) is 4.12.